The highest BCUT2D eigenvalue weighted by atomic mass is 16.4. The molecule has 0 spiro atoms. The second-order valence-electron chi connectivity index (χ2n) is 5.42. The number of aliphatic carboxylic acids is 1. The maximum atomic E-state index is 12.1. The number of aliphatic hydroxyl groups excluding tert-OH is 1. The van der Waals surface area contributed by atoms with E-state index in [4.69, 9.17) is 21.7 Å². The van der Waals surface area contributed by atoms with Crippen molar-refractivity contribution in [2.45, 2.75) is 44.8 Å². The van der Waals surface area contributed by atoms with Crippen LogP contribution in [-0.4, -0.2) is 58.6 Å². The van der Waals surface area contributed by atoms with Gasteiger partial charge in [0.1, 0.15) is 12.1 Å². The molecular formula is C13H24N4O6. The molecule has 0 radical (unpaired) electrons. The first kappa shape index (κ1) is 20.8. The molecule has 0 aromatic rings. The van der Waals surface area contributed by atoms with Crippen molar-refractivity contribution in [2.24, 2.45) is 17.4 Å². The molecule has 132 valence electrons. The van der Waals surface area contributed by atoms with E-state index in [-0.39, 0.29) is 18.8 Å². The molecule has 0 aromatic heterocycles. The first-order valence-corrected chi connectivity index (χ1v) is 7.08. The Bertz CT molecular complexity index is 454. The van der Waals surface area contributed by atoms with Gasteiger partial charge in [-0.1, -0.05) is 13.8 Å². The molecule has 3 amide bonds. The number of amides is 3. The molecule has 23 heavy (non-hydrogen) atoms. The highest BCUT2D eigenvalue weighted by Gasteiger charge is 2.29. The first-order valence-electron chi connectivity index (χ1n) is 7.08. The van der Waals surface area contributed by atoms with Crippen molar-refractivity contribution in [1.82, 2.24) is 10.6 Å². The van der Waals surface area contributed by atoms with Crippen molar-refractivity contribution in [1.29, 1.82) is 0 Å². The summed E-state index contributed by atoms with van der Waals surface area (Å²) in [7, 11) is 0. The monoisotopic (exact) mass is 332 g/mol. The lowest BCUT2D eigenvalue weighted by atomic mass is 10.0. The minimum Gasteiger partial charge on any atom is -0.480 e. The molecule has 0 rings (SSSR count). The van der Waals surface area contributed by atoms with E-state index in [1.807, 2.05) is 0 Å². The average Bonchev–Trinajstić information content (AvgIpc) is 2.46. The van der Waals surface area contributed by atoms with Gasteiger partial charge in [0.25, 0.3) is 0 Å². The minimum atomic E-state index is -1.47. The molecular weight excluding hydrogens is 308 g/mol. The van der Waals surface area contributed by atoms with Crippen LogP contribution in [0.2, 0.25) is 0 Å². The second kappa shape index (κ2) is 9.74. The summed E-state index contributed by atoms with van der Waals surface area (Å²) in [5, 5.41) is 22.2. The molecule has 0 aromatic carbocycles. The Hall–Kier alpha value is -2.20. The van der Waals surface area contributed by atoms with Crippen molar-refractivity contribution >= 4 is 23.7 Å². The average molecular weight is 332 g/mol. The smallest absolute Gasteiger partial charge is 0.328 e. The van der Waals surface area contributed by atoms with Crippen LogP contribution in [0.1, 0.15) is 26.7 Å². The molecule has 0 aliphatic heterocycles. The lowest BCUT2D eigenvalue weighted by molar-refractivity contribution is -0.143. The topological polar surface area (TPSA) is 185 Å². The Morgan fingerprint density at radius 1 is 1.09 bits per heavy atom. The normalized spacial score (nSPS) is 14.7. The lowest BCUT2D eigenvalue weighted by Gasteiger charge is -2.24. The predicted octanol–water partition coefficient (Wildman–Crippen LogP) is -2.72. The number of hydrogen-bond acceptors (Lipinski definition) is 6. The number of primary amides is 1. The molecule has 0 heterocycles. The quantitative estimate of drug-likeness (QED) is 0.251. The molecule has 0 aliphatic carbocycles. The van der Waals surface area contributed by atoms with E-state index in [2.05, 4.69) is 10.6 Å². The Morgan fingerprint density at radius 2 is 1.65 bits per heavy atom. The number of nitrogens with one attached hydrogen (secondary N) is 2. The number of carboxylic acid groups (broad SMARTS) is 1. The Kier molecular flexibility index (Phi) is 8.81. The van der Waals surface area contributed by atoms with Gasteiger partial charge in [0.15, 0.2) is 0 Å². The van der Waals surface area contributed by atoms with Crippen molar-refractivity contribution in [2.75, 3.05) is 6.61 Å². The minimum absolute atomic E-state index is 0.0298. The molecule has 0 bridgehead atoms. The maximum Gasteiger partial charge on any atom is 0.328 e. The van der Waals surface area contributed by atoms with Crippen LogP contribution in [0.3, 0.4) is 0 Å². The summed E-state index contributed by atoms with van der Waals surface area (Å²) in [4.78, 5) is 45.5. The Labute approximate surface area is 133 Å². The van der Waals surface area contributed by atoms with Crippen LogP contribution in [0, 0.1) is 5.92 Å². The van der Waals surface area contributed by atoms with Gasteiger partial charge >= 0.3 is 5.97 Å². The summed E-state index contributed by atoms with van der Waals surface area (Å²) >= 11 is 0. The first-order chi connectivity index (χ1) is 10.6. The van der Waals surface area contributed by atoms with Crippen LogP contribution in [0.5, 0.6) is 0 Å². The van der Waals surface area contributed by atoms with E-state index in [0.29, 0.717) is 0 Å². The van der Waals surface area contributed by atoms with Gasteiger partial charge in [0, 0.05) is 6.42 Å². The number of carbonyl (C=O) groups excluding carboxylic acids is 3. The number of rotatable bonds is 10. The number of carbonyl (C=O) groups is 4. The maximum absolute atomic E-state index is 12.1. The highest BCUT2D eigenvalue weighted by molar-refractivity contribution is 5.92. The number of nitrogens with two attached hydrogens (primary N) is 2. The summed E-state index contributed by atoms with van der Waals surface area (Å²) in [6, 6.07) is -3.52. The van der Waals surface area contributed by atoms with Gasteiger partial charge in [-0.15, -0.1) is 0 Å². The van der Waals surface area contributed by atoms with Crippen LogP contribution in [0.25, 0.3) is 0 Å². The number of hydrogen-bond donors (Lipinski definition) is 6. The zero-order chi connectivity index (χ0) is 18.2. The molecule has 0 aliphatic rings. The Balaban J connectivity index is 4.79. The van der Waals surface area contributed by atoms with Crippen molar-refractivity contribution in [3.05, 3.63) is 0 Å². The molecule has 0 fully saturated rings. The SMILES string of the molecule is CC(C)[C@H](NC(=O)[C@@H](N)CCC(N)=O)C(=O)N[C@@H](CO)C(=O)O. The van der Waals surface area contributed by atoms with Gasteiger partial charge in [-0.3, -0.25) is 14.4 Å². The molecule has 8 N–H and O–H groups in total. The predicted molar refractivity (Wildman–Crippen MR) is 79.8 cm³/mol. The molecule has 10 nitrogen and oxygen atoms in total. The molecule has 0 saturated carbocycles. The zero-order valence-electron chi connectivity index (χ0n) is 13.1. The summed E-state index contributed by atoms with van der Waals surface area (Å²) < 4.78 is 0. The van der Waals surface area contributed by atoms with Crippen molar-refractivity contribution in [3.8, 4) is 0 Å². The van der Waals surface area contributed by atoms with Crippen LogP contribution < -0.4 is 22.1 Å². The third-order valence-electron chi connectivity index (χ3n) is 3.08. The standard InChI is InChI=1S/C13H24N4O6/c1-6(2)10(12(21)16-8(5-18)13(22)23)17-11(20)7(14)3-4-9(15)19/h6-8,10,18H,3-5,14H2,1-2H3,(H2,15,19)(H,16,21)(H,17,20)(H,22,23)/t7-,8-,10-/m0/s1. The third kappa shape index (κ3) is 7.56. The van der Waals surface area contributed by atoms with E-state index in [1.165, 1.54) is 0 Å². The molecule has 10 heteroatoms. The lowest BCUT2D eigenvalue weighted by Crippen LogP contribution is -2.57. The van der Waals surface area contributed by atoms with E-state index in [0.717, 1.165) is 0 Å². The van der Waals surface area contributed by atoms with Gasteiger partial charge in [-0.05, 0) is 12.3 Å². The molecule has 0 saturated heterocycles. The Morgan fingerprint density at radius 3 is 2.04 bits per heavy atom. The van der Waals surface area contributed by atoms with Crippen LogP contribution in [-0.2, 0) is 19.2 Å². The zero-order valence-corrected chi connectivity index (χ0v) is 13.1. The summed E-state index contributed by atoms with van der Waals surface area (Å²) in [6.45, 7) is 2.51. The highest BCUT2D eigenvalue weighted by Crippen LogP contribution is 2.04. The number of aliphatic hydroxyl groups is 1. The molecule has 3 atom stereocenters. The van der Waals surface area contributed by atoms with Crippen LogP contribution in [0.4, 0.5) is 0 Å². The van der Waals surface area contributed by atoms with E-state index in [9.17, 15) is 19.2 Å². The van der Waals surface area contributed by atoms with Gasteiger partial charge in [0.2, 0.25) is 17.7 Å². The van der Waals surface area contributed by atoms with Gasteiger partial charge in [-0.2, -0.15) is 0 Å². The van der Waals surface area contributed by atoms with Crippen LogP contribution >= 0.6 is 0 Å². The van der Waals surface area contributed by atoms with Crippen LogP contribution in [0.15, 0.2) is 0 Å². The second-order valence-corrected chi connectivity index (χ2v) is 5.42. The summed E-state index contributed by atoms with van der Waals surface area (Å²) in [5.41, 5.74) is 10.6. The summed E-state index contributed by atoms with van der Waals surface area (Å²) in [5.74, 6) is -3.75. The van der Waals surface area contributed by atoms with E-state index < -0.39 is 48.4 Å². The van der Waals surface area contributed by atoms with E-state index >= 15 is 0 Å². The van der Waals surface area contributed by atoms with E-state index in [1.54, 1.807) is 13.8 Å². The fraction of sp³-hybridized carbons (Fsp3) is 0.692. The fourth-order valence-electron chi connectivity index (χ4n) is 1.67. The summed E-state index contributed by atoms with van der Waals surface area (Å²) in [6.07, 6.45) is -0.0410. The van der Waals surface area contributed by atoms with Crippen molar-refractivity contribution in [3.63, 3.8) is 0 Å². The van der Waals surface area contributed by atoms with Gasteiger partial charge in [0.05, 0.1) is 12.6 Å². The largest absolute Gasteiger partial charge is 0.480 e. The fourth-order valence-corrected chi connectivity index (χ4v) is 1.67. The number of carboxylic acids is 1. The third-order valence-corrected chi connectivity index (χ3v) is 3.08. The molecule has 0 unspecified atom stereocenters. The van der Waals surface area contributed by atoms with Crippen molar-refractivity contribution < 1.29 is 29.4 Å². The van der Waals surface area contributed by atoms with Gasteiger partial charge in [-0.25, -0.2) is 4.79 Å². The van der Waals surface area contributed by atoms with Gasteiger partial charge < -0.3 is 32.3 Å².